The van der Waals surface area contributed by atoms with Crippen molar-refractivity contribution >= 4 is 0 Å². The van der Waals surface area contributed by atoms with Crippen LogP contribution in [0, 0.1) is 0 Å². The van der Waals surface area contributed by atoms with Crippen LogP contribution in [0.4, 0.5) is 0 Å². The molecule has 5 heteroatoms. The van der Waals surface area contributed by atoms with Crippen molar-refractivity contribution in [1.82, 2.24) is 10.1 Å². The quantitative estimate of drug-likeness (QED) is 0.796. The summed E-state index contributed by atoms with van der Waals surface area (Å²) in [6.07, 6.45) is 0.578. The Hall–Kier alpha value is -2.82. The van der Waals surface area contributed by atoms with Gasteiger partial charge in [-0.3, -0.25) is 0 Å². The average molecular weight is 282 g/mol. The van der Waals surface area contributed by atoms with Crippen LogP contribution in [-0.2, 0) is 6.42 Å². The van der Waals surface area contributed by atoms with Crippen LogP contribution >= 0.6 is 0 Å². The number of benzene rings is 2. The van der Waals surface area contributed by atoms with E-state index < -0.39 is 0 Å². The normalized spacial score (nSPS) is 10.5. The molecule has 3 aromatic rings. The summed E-state index contributed by atoms with van der Waals surface area (Å²) in [5.41, 5.74) is 1.56. The van der Waals surface area contributed by atoms with E-state index in [1.807, 2.05) is 30.3 Å². The van der Waals surface area contributed by atoms with E-state index in [0.717, 1.165) is 5.56 Å². The maximum absolute atomic E-state index is 10.1. The van der Waals surface area contributed by atoms with E-state index in [-0.39, 0.29) is 11.6 Å². The first-order valence-corrected chi connectivity index (χ1v) is 6.51. The van der Waals surface area contributed by atoms with Gasteiger partial charge in [0.15, 0.2) is 17.3 Å². The SMILES string of the molecule is COc1cccc(-c2nc(Cc3ccccc3)no2)c1O. The molecular weight excluding hydrogens is 268 g/mol. The first-order valence-electron chi connectivity index (χ1n) is 6.51. The molecule has 1 aromatic heterocycles. The zero-order chi connectivity index (χ0) is 14.7. The molecule has 0 unspecified atom stereocenters. The summed E-state index contributed by atoms with van der Waals surface area (Å²) in [6.45, 7) is 0. The Morgan fingerprint density at radius 2 is 1.90 bits per heavy atom. The van der Waals surface area contributed by atoms with E-state index in [9.17, 15) is 5.11 Å². The van der Waals surface area contributed by atoms with Crippen molar-refractivity contribution in [2.45, 2.75) is 6.42 Å². The van der Waals surface area contributed by atoms with Gasteiger partial charge in [0, 0.05) is 6.42 Å². The minimum absolute atomic E-state index is 0.00471. The van der Waals surface area contributed by atoms with Crippen LogP contribution in [0.2, 0.25) is 0 Å². The molecule has 2 aromatic carbocycles. The standard InChI is InChI=1S/C16H14N2O3/c1-20-13-9-5-8-12(15(13)19)16-17-14(18-21-16)10-11-6-3-2-4-7-11/h2-9,19H,10H2,1H3. The number of hydrogen-bond acceptors (Lipinski definition) is 5. The summed E-state index contributed by atoms with van der Waals surface area (Å²) >= 11 is 0. The summed E-state index contributed by atoms with van der Waals surface area (Å²) in [5.74, 6) is 1.21. The highest BCUT2D eigenvalue weighted by molar-refractivity contribution is 5.66. The van der Waals surface area contributed by atoms with Gasteiger partial charge in [-0.05, 0) is 17.7 Å². The third-order valence-electron chi connectivity index (χ3n) is 3.12. The van der Waals surface area contributed by atoms with Gasteiger partial charge in [-0.15, -0.1) is 0 Å². The topological polar surface area (TPSA) is 68.4 Å². The zero-order valence-corrected chi connectivity index (χ0v) is 11.5. The Kier molecular flexibility index (Phi) is 3.55. The van der Waals surface area contributed by atoms with E-state index in [2.05, 4.69) is 10.1 Å². The van der Waals surface area contributed by atoms with Gasteiger partial charge in [-0.2, -0.15) is 4.98 Å². The lowest BCUT2D eigenvalue weighted by Crippen LogP contribution is -1.90. The van der Waals surface area contributed by atoms with Crippen LogP contribution in [0.3, 0.4) is 0 Å². The molecule has 0 radical (unpaired) electrons. The summed E-state index contributed by atoms with van der Waals surface area (Å²) in [5, 5.41) is 14.0. The van der Waals surface area contributed by atoms with Gasteiger partial charge in [0.1, 0.15) is 0 Å². The largest absolute Gasteiger partial charge is 0.504 e. The van der Waals surface area contributed by atoms with Crippen molar-refractivity contribution in [2.24, 2.45) is 0 Å². The molecule has 5 nitrogen and oxygen atoms in total. The number of nitrogens with zero attached hydrogens (tertiary/aromatic N) is 2. The fourth-order valence-corrected chi connectivity index (χ4v) is 2.07. The highest BCUT2D eigenvalue weighted by Crippen LogP contribution is 2.35. The number of aromatic hydroxyl groups is 1. The Morgan fingerprint density at radius 1 is 1.10 bits per heavy atom. The van der Waals surface area contributed by atoms with Gasteiger partial charge in [0.2, 0.25) is 0 Å². The third kappa shape index (κ3) is 2.72. The number of rotatable bonds is 4. The van der Waals surface area contributed by atoms with Gasteiger partial charge < -0.3 is 14.4 Å². The summed E-state index contributed by atoms with van der Waals surface area (Å²) in [7, 11) is 1.49. The molecule has 0 saturated carbocycles. The van der Waals surface area contributed by atoms with Crippen molar-refractivity contribution in [1.29, 1.82) is 0 Å². The second-order valence-electron chi connectivity index (χ2n) is 4.53. The van der Waals surface area contributed by atoms with Crippen LogP contribution in [-0.4, -0.2) is 22.4 Å². The van der Waals surface area contributed by atoms with Gasteiger partial charge in [-0.25, -0.2) is 0 Å². The van der Waals surface area contributed by atoms with Crippen molar-refractivity contribution in [3.63, 3.8) is 0 Å². The van der Waals surface area contributed by atoms with Gasteiger partial charge in [0.25, 0.3) is 5.89 Å². The molecular formula is C16H14N2O3. The number of methoxy groups -OCH3 is 1. The molecule has 1 heterocycles. The molecule has 0 bridgehead atoms. The predicted octanol–water partition coefficient (Wildman–Crippen LogP) is 3.04. The first kappa shape index (κ1) is 13.2. The summed E-state index contributed by atoms with van der Waals surface area (Å²) in [6, 6.07) is 15.0. The molecule has 106 valence electrons. The van der Waals surface area contributed by atoms with Crippen LogP contribution in [0.5, 0.6) is 11.5 Å². The molecule has 0 aliphatic carbocycles. The molecule has 0 amide bonds. The maximum atomic E-state index is 10.1. The van der Waals surface area contributed by atoms with E-state index in [0.29, 0.717) is 23.6 Å². The lowest BCUT2D eigenvalue weighted by Gasteiger charge is -2.04. The smallest absolute Gasteiger partial charge is 0.261 e. The van der Waals surface area contributed by atoms with Crippen molar-refractivity contribution in [3.05, 3.63) is 59.9 Å². The Morgan fingerprint density at radius 3 is 2.67 bits per heavy atom. The highest BCUT2D eigenvalue weighted by atomic mass is 16.5. The maximum Gasteiger partial charge on any atom is 0.261 e. The van der Waals surface area contributed by atoms with Crippen molar-refractivity contribution in [2.75, 3.05) is 7.11 Å². The number of hydrogen-bond donors (Lipinski definition) is 1. The molecule has 1 N–H and O–H groups in total. The molecule has 0 aliphatic heterocycles. The van der Waals surface area contributed by atoms with Gasteiger partial charge in [-0.1, -0.05) is 41.6 Å². The van der Waals surface area contributed by atoms with Crippen molar-refractivity contribution < 1.29 is 14.4 Å². The number of aromatic nitrogens is 2. The third-order valence-corrected chi connectivity index (χ3v) is 3.12. The summed E-state index contributed by atoms with van der Waals surface area (Å²) < 4.78 is 10.3. The van der Waals surface area contributed by atoms with Gasteiger partial charge in [0.05, 0.1) is 12.7 Å². The Bertz CT molecular complexity index is 738. The van der Waals surface area contributed by atoms with Crippen molar-refractivity contribution in [3.8, 4) is 23.0 Å². The second-order valence-corrected chi connectivity index (χ2v) is 4.53. The van der Waals surface area contributed by atoms with Crippen LogP contribution < -0.4 is 4.74 Å². The van der Waals surface area contributed by atoms with E-state index in [4.69, 9.17) is 9.26 Å². The summed E-state index contributed by atoms with van der Waals surface area (Å²) in [4.78, 5) is 4.32. The minimum atomic E-state index is -0.00471. The molecule has 0 aliphatic rings. The monoisotopic (exact) mass is 282 g/mol. The number of ether oxygens (including phenoxy) is 1. The van der Waals surface area contributed by atoms with E-state index in [1.165, 1.54) is 7.11 Å². The van der Waals surface area contributed by atoms with Crippen LogP contribution in [0.1, 0.15) is 11.4 Å². The minimum Gasteiger partial charge on any atom is -0.504 e. The second kappa shape index (κ2) is 5.66. The fourth-order valence-electron chi connectivity index (χ4n) is 2.07. The molecule has 0 saturated heterocycles. The van der Waals surface area contributed by atoms with E-state index >= 15 is 0 Å². The zero-order valence-electron chi connectivity index (χ0n) is 11.5. The molecule has 3 rings (SSSR count). The van der Waals surface area contributed by atoms with E-state index in [1.54, 1.807) is 18.2 Å². The van der Waals surface area contributed by atoms with Crippen LogP contribution in [0.15, 0.2) is 53.1 Å². The Labute approximate surface area is 121 Å². The molecule has 21 heavy (non-hydrogen) atoms. The number of phenols is 1. The Balaban J connectivity index is 1.88. The number of phenolic OH excluding ortho intramolecular Hbond substituents is 1. The molecule has 0 fully saturated rings. The molecule has 0 spiro atoms. The highest BCUT2D eigenvalue weighted by Gasteiger charge is 2.15. The van der Waals surface area contributed by atoms with Gasteiger partial charge >= 0.3 is 0 Å². The first-order chi connectivity index (χ1) is 10.3. The van der Waals surface area contributed by atoms with Crippen LogP contribution in [0.25, 0.3) is 11.5 Å². The molecule has 0 atom stereocenters. The number of para-hydroxylation sites is 1. The fraction of sp³-hybridized carbons (Fsp3) is 0.125. The lowest BCUT2D eigenvalue weighted by atomic mass is 10.1. The lowest BCUT2D eigenvalue weighted by molar-refractivity contribution is 0.371. The average Bonchev–Trinajstić information content (AvgIpc) is 2.97. The predicted molar refractivity (Wildman–Crippen MR) is 77.2 cm³/mol.